The van der Waals surface area contributed by atoms with Gasteiger partial charge >= 0.3 is 0 Å². The van der Waals surface area contributed by atoms with E-state index in [0.29, 0.717) is 5.82 Å². The van der Waals surface area contributed by atoms with Crippen LogP contribution in [0.25, 0.3) is 5.69 Å². The van der Waals surface area contributed by atoms with Crippen LogP contribution in [-0.2, 0) is 6.42 Å². The summed E-state index contributed by atoms with van der Waals surface area (Å²) in [5, 5.41) is 7.71. The lowest BCUT2D eigenvalue weighted by molar-refractivity contribution is 0.558. The van der Waals surface area contributed by atoms with Crippen LogP contribution >= 0.6 is 0 Å². The molecule has 4 rings (SSSR count). The number of hydrogen-bond acceptors (Lipinski definition) is 5. The van der Waals surface area contributed by atoms with E-state index in [1.807, 2.05) is 13.0 Å². The topological polar surface area (TPSA) is 81.7 Å². The standard InChI is InChI=1S/C18H18F2N6/c1-10-7-17(25-18(21)23-10)24-14-3-2-4-15-12(14)9-22-26(15)16-6-5-11(19)8-13(16)20/h5-9,14H,2-4H2,1H3,(H3,21,23,24,25)/t14-/m0/s1. The van der Waals surface area contributed by atoms with Crippen LogP contribution in [0.5, 0.6) is 0 Å². The number of nitrogens with zero attached hydrogens (tertiary/aromatic N) is 4. The van der Waals surface area contributed by atoms with E-state index < -0.39 is 11.6 Å². The Morgan fingerprint density at radius 1 is 1.23 bits per heavy atom. The summed E-state index contributed by atoms with van der Waals surface area (Å²) >= 11 is 0. The van der Waals surface area contributed by atoms with Crippen LogP contribution in [0.1, 0.15) is 35.8 Å². The molecule has 6 nitrogen and oxygen atoms in total. The highest BCUT2D eigenvalue weighted by Gasteiger charge is 2.26. The molecule has 0 amide bonds. The largest absolute Gasteiger partial charge is 0.368 e. The number of anilines is 2. The molecule has 3 aromatic rings. The lowest BCUT2D eigenvalue weighted by Gasteiger charge is -2.25. The van der Waals surface area contributed by atoms with Crippen LogP contribution in [0.15, 0.2) is 30.5 Å². The lowest BCUT2D eigenvalue weighted by atomic mass is 9.93. The molecule has 26 heavy (non-hydrogen) atoms. The van der Waals surface area contributed by atoms with E-state index in [2.05, 4.69) is 20.4 Å². The van der Waals surface area contributed by atoms with Crippen molar-refractivity contribution in [3.63, 3.8) is 0 Å². The summed E-state index contributed by atoms with van der Waals surface area (Å²) in [6.07, 6.45) is 4.31. The van der Waals surface area contributed by atoms with Crippen molar-refractivity contribution < 1.29 is 8.78 Å². The van der Waals surface area contributed by atoms with Gasteiger partial charge in [0.15, 0.2) is 5.82 Å². The first-order chi connectivity index (χ1) is 12.5. The third-order valence-electron chi connectivity index (χ3n) is 4.51. The minimum Gasteiger partial charge on any atom is -0.368 e. The summed E-state index contributed by atoms with van der Waals surface area (Å²) in [7, 11) is 0. The number of halogens is 2. The molecule has 1 aliphatic rings. The monoisotopic (exact) mass is 356 g/mol. The van der Waals surface area contributed by atoms with Crippen LogP contribution in [0, 0.1) is 18.6 Å². The van der Waals surface area contributed by atoms with Crippen molar-refractivity contribution in [1.29, 1.82) is 0 Å². The second kappa shape index (κ2) is 6.36. The molecule has 1 aliphatic carbocycles. The Morgan fingerprint density at radius 3 is 2.85 bits per heavy atom. The van der Waals surface area contributed by atoms with Gasteiger partial charge in [0, 0.05) is 29.1 Å². The Labute approximate surface area is 149 Å². The van der Waals surface area contributed by atoms with Gasteiger partial charge in [-0.15, -0.1) is 0 Å². The lowest BCUT2D eigenvalue weighted by Crippen LogP contribution is -2.19. The Hall–Kier alpha value is -3.03. The summed E-state index contributed by atoms with van der Waals surface area (Å²) in [5.41, 5.74) is 8.64. The van der Waals surface area contributed by atoms with Crippen LogP contribution < -0.4 is 11.1 Å². The zero-order chi connectivity index (χ0) is 18.3. The van der Waals surface area contributed by atoms with Gasteiger partial charge in [-0.1, -0.05) is 0 Å². The van der Waals surface area contributed by atoms with Crippen LogP contribution in [0.4, 0.5) is 20.5 Å². The predicted octanol–water partition coefficient (Wildman–Crippen LogP) is 3.32. The van der Waals surface area contributed by atoms with Crippen LogP contribution in [-0.4, -0.2) is 19.7 Å². The van der Waals surface area contributed by atoms with Gasteiger partial charge in [0.1, 0.15) is 17.3 Å². The predicted molar refractivity (Wildman–Crippen MR) is 94.0 cm³/mol. The van der Waals surface area contributed by atoms with Gasteiger partial charge in [-0.3, -0.25) is 0 Å². The van der Waals surface area contributed by atoms with Crippen LogP contribution in [0.3, 0.4) is 0 Å². The number of rotatable bonds is 3. The molecule has 2 aromatic heterocycles. The second-order valence-corrected chi connectivity index (χ2v) is 6.40. The third kappa shape index (κ3) is 2.98. The Kier molecular flexibility index (Phi) is 4.02. The smallest absolute Gasteiger partial charge is 0.222 e. The maximum atomic E-state index is 14.2. The fraction of sp³-hybridized carbons (Fsp3) is 0.278. The number of hydrogen-bond donors (Lipinski definition) is 2. The molecule has 0 bridgehead atoms. The van der Waals surface area contributed by atoms with Crippen molar-refractivity contribution >= 4 is 11.8 Å². The molecule has 1 atom stereocenters. The second-order valence-electron chi connectivity index (χ2n) is 6.40. The third-order valence-corrected chi connectivity index (χ3v) is 4.51. The number of aromatic nitrogens is 4. The molecule has 0 unspecified atom stereocenters. The fourth-order valence-corrected chi connectivity index (χ4v) is 3.41. The normalized spacial score (nSPS) is 16.3. The van der Waals surface area contributed by atoms with E-state index in [9.17, 15) is 8.78 Å². The van der Waals surface area contributed by atoms with Crippen molar-refractivity contribution in [2.45, 2.75) is 32.2 Å². The van der Waals surface area contributed by atoms with Gasteiger partial charge in [0.25, 0.3) is 0 Å². The van der Waals surface area contributed by atoms with E-state index in [4.69, 9.17) is 5.73 Å². The molecule has 8 heteroatoms. The molecule has 0 saturated heterocycles. The number of nitrogen functional groups attached to an aromatic ring is 1. The van der Waals surface area contributed by atoms with Gasteiger partial charge in [-0.25, -0.2) is 18.4 Å². The van der Waals surface area contributed by atoms with Crippen molar-refractivity contribution in [1.82, 2.24) is 19.7 Å². The Morgan fingerprint density at radius 2 is 2.08 bits per heavy atom. The molecule has 3 N–H and O–H groups in total. The highest BCUT2D eigenvalue weighted by molar-refractivity contribution is 5.45. The van der Waals surface area contributed by atoms with E-state index in [-0.39, 0.29) is 17.7 Å². The zero-order valence-electron chi connectivity index (χ0n) is 14.2. The maximum absolute atomic E-state index is 14.2. The van der Waals surface area contributed by atoms with Gasteiger partial charge in [0.05, 0.1) is 12.2 Å². The van der Waals surface area contributed by atoms with E-state index in [1.54, 1.807) is 10.9 Å². The molecule has 2 heterocycles. The Balaban J connectivity index is 1.68. The highest BCUT2D eigenvalue weighted by Crippen LogP contribution is 2.33. The number of benzene rings is 1. The van der Waals surface area contributed by atoms with Gasteiger partial charge < -0.3 is 11.1 Å². The van der Waals surface area contributed by atoms with E-state index in [0.717, 1.165) is 42.3 Å². The first-order valence-corrected chi connectivity index (χ1v) is 8.41. The molecular weight excluding hydrogens is 338 g/mol. The van der Waals surface area contributed by atoms with Gasteiger partial charge in [-0.2, -0.15) is 10.1 Å². The molecular formula is C18H18F2N6. The Bertz CT molecular complexity index is 948. The first-order valence-electron chi connectivity index (χ1n) is 8.41. The molecule has 0 radical (unpaired) electrons. The summed E-state index contributed by atoms with van der Waals surface area (Å²) in [4.78, 5) is 8.29. The summed E-state index contributed by atoms with van der Waals surface area (Å²) in [6.45, 7) is 1.85. The van der Waals surface area contributed by atoms with Crippen molar-refractivity contribution in [3.05, 3.63) is 59.0 Å². The maximum Gasteiger partial charge on any atom is 0.222 e. The van der Waals surface area contributed by atoms with Crippen molar-refractivity contribution in [2.24, 2.45) is 0 Å². The first kappa shape index (κ1) is 16.4. The highest BCUT2D eigenvalue weighted by atomic mass is 19.1. The molecule has 134 valence electrons. The van der Waals surface area contributed by atoms with Crippen LogP contribution in [0.2, 0.25) is 0 Å². The number of nitrogens with one attached hydrogen (secondary N) is 1. The minimum absolute atomic E-state index is 0.00953. The average Bonchev–Trinajstić information content (AvgIpc) is 2.99. The number of aryl methyl sites for hydroxylation is 1. The summed E-state index contributed by atoms with van der Waals surface area (Å²) in [6, 6.07) is 5.33. The van der Waals surface area contributed by atoms with Gasteiger partial charge in [0.2, 0.25) is 5.95 Å². The molecule has 1 aromatic carbocycles. The van der Waals surface area contributed by atoms with E-state index in [1.165, 1.54) is 12.1 Å². The molecule has 0 spiro atoms. The number of nitrogens with two attached hydrogens (primary N) is 1. The minimum atomic E-state index is -0.634. The van der Waals surface area contributed by atoms with Crippen molar-refractivity contribution in [2.75, 3.05) is 11.1 Å². The summed E-state index contributed by atoms with van der Waals surface area (Å²) < 4.78 is 28.9. The van der Waals surface area contributed by atoms with Crippen molar-refractivity contribution in [3.8, 4) is 5.69 Å². The SMILES string of the molecule is Cc1cc(N[C@H]2CCCc3c2cnn3-c2ccc(F)cc2F)nc(N)n1. The molecule has 0 fully saturated rings. The average molecular weight is 356 g/mol. The summed E-state index contributed by atoms with van der Waals surface area (Å²) in [5.74, 6) is -0.380. The van der Waals surface area contributed by atoms with Gasteiger partial charge in [-0.05, 0) is 38.3 Å². The zero-order valence-corrected chi connectivity index (χ0v) is 14.2. The molecule has 0 aliphatic heterocycles. The fourth-order valence-electron chi connectivity index (χ4n) is 3.41. The quantitative estimate of drug-likeness (QED) is 0.752. The molecule has 0 saturated carbocycles. The number of fused-ring (bicyclic) bond motifs is 1. The van der Waals surface area contributed by atoms with E-state index >= 15 is 0 Å².